The molecule has 13 heteroatoms. The smallest absolute Gasteiger partial charge is 0.273 e. The van der Waals surface area contributed by atoms with Crippen LogP contribution in [-0.4, -0.2) is 41.8 Å². The molecule has 1 unspecified atom stereocenters. The van der Waals surface area contributed by atoms with Crippen LogP contribution < -0.4 is 10.3 Å². The molecule has 0 radical (unpaired) electrons. The number of nitrogens with zero attached hydrogens (tertiary/aromatic N) is 2. The summed E-state index contributed by atoms with van der Waals surface area (Å²) in [6.07, 6.45) is 7.89. The quantitative estimate of drug-likeness (QED) is 0.350. The molecule has 0 saturated heterocycles. The highest BCUT2D eigenvalue weighted by Gasteiger charge is 2.44. The van der Waals surface area contributed by atoms with Crippen molar-refractivity contribution in [2.45, 2.75) is 29.9 Å². The van der Waals surface area contributed by atoms with Gasteiger partial charge < -0.3 is 9.72 Å². The van der Waals surface area contributed by atoms with Gasteiger partial charge in [0.1, 0.15) is 16.1 Å². The van der Waals surface area contributed by atoms with Gasteiger partial charge in [0.2, 0.25) is 15.9 Å². The molecule has 3 heterocycles. The van der Waals surface area contributed by atoms with Crippen molar-refractivity contribution in [3.05, 3.63) is 100 Å². The number of hydrogen-bond acceptors (Lipinski definition) is 7. The number of pyridine rings is 2. The molecule has 0 amide bonds. The topological polar surface area (TPSA) is 128 Å². The Morgan fingerprint density at radius 1 is 1.10 bits per heavy atom. The number of allylic oxidation sites excluding steroid dienone is 3. The third kappa shape index (κ3) is 4.54. The number of aromatic nitrogens is 3. The Hall–Kier alpha value is -4.10. The molecule has 1 aliphatic carbocycles. The fourth-order valence-electron chi connectivity index (χ4n) is 4.48. The minimum absolute atomic E-state index is 0.00614. The van der Waals surface area contributed by atoms with E-state index in [1.807, 2.05) is 0 Å². The Balaban J connectivity index is 1.60. The molecule has 4 aromatic rings. The van der Waals surface area contributed by atoms with Crippen molar-refractivity contribution in [2.75, 3.05) is 6.26 Å². The maximum atomic E-state index is 14.3. The fraction of sp³-hybridized carbons (Fsp3) is 0.185. The number of rotatable bonds is 6. The molecule has 0 bridgehead atoms. The normalized spacial score (nSPS) is 17.9. The number of ether oxygens (including phenoxy) is 1. The second kappa shape index (κ2) is 9.52. The van der Waals surface area contributed by atoms with Crippen LogP contribution in [0.2, 0.25) is 0 Å². The molecule has 3 aromatic heterocycles. The zero-order chi connectivity index (χ0) is 29.0. The lowest BCUT2D eigenvalue weighted by atomic mass is 9.88. The summed E-state index contributed by atoms with van der Waals surface area (Å²) >= 11 is 0. The minimum Gasteiger partial charge on any atom is -0.435 e. The van der Waals surface area contributed by atoms with Gasteiger partial charge in [-0.05, 0) is 61.7 Å². The monoisotopic (exact) mass is 587 g/mol. The number of fused-ring (bicyclic) bond motifs is 1. The van der Waals surface area contributed by atoms with Crippen molar-refractivity contribution in [3.8, 4) is 11.6 Å². The van der Waals surface area contributed by atoms with Crippen LogP contribution in [0.1, 0.15) is 25.8 Å². The van der Waals surface area contributed by atoms with Crippen LogP contribution in [0.4, 0.5) is 8.78 Å². The van der Waals surface area contributed by atoms with E-state index in [1.165, 1.54) is 31.5 Å². The van der Waals surface area contributed by atoms with Gasteiger partial charge in [-0.25, -0.2) is 34.6 Å². The van der Waals surface area contributed by atoms with Gasteiger partial charge in [0.05, 0.1) is 4.90 Å². The molecular weight excluding hydrogens is 564 g/mol. The van der Waals surface area contributed by atoms with Crippen molar-refractivity contribution in [1.82, 2.24) is 13.9 Å². The fourth-order valence-corrected chi connectivity index (χ4v) is 6.90. The Morgan fingerprint density at radius 3 is 2.52 bits per heavy atom. The Morgan fingerprint density at radius 2 is 1.85 bits per heavy atom. The Bertz CT molecular complexity index is 2030. The van der Waals surface area contributed by atoms with Gasteiger partial charge in [0.15, 0.2) is 21.4 Å². The maximum absolute atomic E-state index is 14.3. The summed E-state index contributed by atoms with van der Waals surface area (Å²) in [6.45, 7) is 3.13. The summed E-state index contributed by atoms with van der Waals surface area (Å²) in [4.78, 5) is 18.9. The molecule has 1 atom stereocenters. The average molecular weight is 588 g/mol. The first kappa shape index (κ1) is 27.5. The van der Waals surface area contributed by atoms with Crippen molar-refractivity contribution in [2.24, 2.45) is 0 Å². The molecular formula is C27H23F2N3O6S2. The van der Waals surface area contributed by atoms with Crippen LogP contribution in [0.15, 0.2) is 82.4 Å². The van der Waals surface area contributed by atoms with Crippen molar-refractivity contribution < 1.29 is 30.4 Å². The van der Waals surface area contributed by atoms with E-state index >= 15 is 0 Å². The van der Waals surface area contributed by atoms with Crippen LogP contribution >= 0.6 is 0 Å². The average Bonchev–Trinajstić information content (AvgIpc) is 3.33. The number of aromatic amines is 1. The molecule has 40 heavy (non-hydrogen) atoms. The van der Waals surface area contributed by atoms with Gasteiger partial charge >= 0.3 is 0 Å². The van der Waals surface area contributed by atoms with Gasteiger partial charge in [-0.3, -0.25) is 4.79 Å². The largest absolute Gasteiger partial charge is 0.435 e. The predicted octanol–water partition coefficient (Wildman–Crippen LogP) is 4.57. The molecule has 5 rings (SSSR count). The summed E-state index contributed by atoms with van der Waals surface area (Å²) in [7, 11) is -7.87. The van der Waals surface area contributed by atoms with Crippen LogP contribution in [0.3, 0.4) is 0 Å². The van der Waals surface area contributed by atoms with Crippen molar-refractivity contribution >= 4 is 36.3 Å². The first-order valence-corrected chi connectivity index (χ1v) is 15.2. The molecule has 0 fully saturated rings. The summed E-state index contributed by atoms with van der Waals surface area (Å²) in [5, 5.41) is 0.461. The predicted molar refractivity (Wildman–Crippen MR) is 145 cm³/mol. The summed E-state index contributed by atoms with van der Waals surface area (Å²) in [5.41, 5.74) is 0.377. The van der Waals surface area contributed by atoms with E-state index in [2.05, 4.69) is 9.97 Å². The molecule has 1 aromatic carbocycles. The van der Waals surface area contributed by atoms with E-state index in [1.54, 1.807) is 25.1 Å². The SMILES string of the molecule is CC1=CC(c2cc(S(C)(=O)=O)cnc2Oc2ccc(F)cc2F)=CCC1(C)S(=O)(=O)n1ccc2cc[nH]c(=O)c21. The van der Waals surface area contributed by atoms with E-state index < -0.39 is 41.8 Å². The Labute approximate surface area is 228 Å². The van der Waals surface area contributed by atoms with E-state index in [-0.39, 0.29) is 34.0 Å². The van der Waals surface area contributed by atoms with Gasteiger partial charge in [-0.1, -0.05) is 12.2 Å². The van der Waals surface area contributed by atoms with Gasteiger partial charge in [0.25, 0.3) is 5.56 Å². The number of H-pyrrole nitrogens is 1. The summed E-state index contributed by atoms with van der Waals surface area (Å²) < 4.78 is 85.2. The van der Waals surface area contributed by atoms with Crippen LogP contribution in [0.5, 0.6) is 11.6 Å². The van der Waals surface area contributed by atoms with Crippen molar-refractivity contribution in [3.63, 3.8) is 0 Å². The van der Waals surface area contributed by atoms with Gasteiger partial charge in [0, 0.05) is 41.9 Å². The highest BCUT2D eigenvalue weighted by molar-refractivity contribution is 7.91. The molecule has 1 N–H and O–H groups in total. The number of nitrogens with one attached hydrogen (secondary N) is 1. The number of benzene rings is 1. The Kier molecular flexibility index (Phi) is 6.54. The zero-order valence-electron chi connectivity index (χ0n) is 21.5. The standard InChI is InChI=1S/C27H23F2N3O6S2/c1-16-12-18(6-9-27(16,2)40(36,37)32-11-8-17-7-10-30-25(33)24(17)32)21-14-20(39(3,34)35)15-31-26(21)38-23-5-4-19(28)13-22(23)29/h4-8,10-15H,9H2,1-3H3,(H,30,33). The first-order chi connectivity index (χ1) is 18.7. The van der Waals surface area contributed by atoms with Crippen molar-refractivity contribution in [1.29, 1.82) is 0 Å². The highest BCUT2D eigenvalue weighted by atomic mass is 32.2. The van der Waals surface area contributed by atoms with Crippen LogP contribution in [-0.2, 0) is 19.9 Å². The van der Waals surface area contributed by atoms with E-state index in [0.29, 0.717) is 22.6 Å². The maximum Gasteiger partial charge on any atom is 0.273 e. The second-order valence-corrected chi connectivity index (χ2v) is 13.9. The summed E-state index contributed by atoms with van der Waals surface area (Å²) in [5.74, 6) is -2.30. The molecule has 9 nitrogen and oxygen atoms in total. The molecule has 208 valence electrons. The van der Waals surface area contributed by atoms with E-state index in [4.69, 9.17) is 4.74 Å². The van der Waals surface area contributed by atoms with Gasteiger partial charge in [-0.2, -0.15) is 0 Å². The van der Waals surface area contributed by atoms with Gasteiger partial charge in [-0.15, -0.1) is 0 Å². The molecule has 1 aliphatic rings. The lowest BCUT2D eigenvalue weighted by molar-refractivity contribution is 0.422. The molecule has 0 saturated carbocycles. The number of hydrogen-bond donors (Lipinski definition) is 1. The minimum atomic E-state index is -4.17. The third-order valence-electron chi connectivity index (χ3n) is 6.99. The second-order valence-electron chi connectivity index (χ2n) is 9.62. The highest BCUT2D eigenvalue weighted by Crippen LogP contribution is 2.42. The molecule has 0 aliphatic heterocycles. The first-order valence-electron chi connectivity index (χ1n) is 11.9. The number of sulfone groups is 1. The molecule has 0 spiro atoms. The summed E-state index contributed by atoms with van der Waals surface area (Å²) in [6, 6.07) is 7.14. The van der Waals surface area contributed by atoms with Crippen LogP contribution in [0.25, 0.3) is 16.5 Å². The third-order valence-corrected chi connectivity index (χ3v) is 10.5. The van der Waals surface area contributed by atoms with E-state index in [0.717, 1.165) is 28.6 Å². The zero-order valence-corrected chi connectivity index (χ0v) is 23.1. The van der Waals surface area contributed by atoms with Crippen LogP contribution in [0, 0.1) is 11.6 Å². The lowest BCUT2D eigenvalue weighted by Gasteiger charge is -2.33. The number of halogens is 2. The lowest BCUT2D eigenvalue weighted by Crippen LogP contribution is -2.41. The van der Waals surface area contributed by atoms with E-state index in [9.17, 15) is 30.4 Å².